The number of fused-ring (bicyclic) bond motifs is 1. The first-order valence-electron chi connectivity index (χ1n) is 6.71. The van der Waals surface area contributed by atoms with E-state index in [2.05, 4.69) is 10.2 Å². The van der Waals surface area contributed by atoms with Crippen LogP contribution < -0.4 is 11.3 Å². The van der Waals surface area contributed by atoms with Gasteiger partial charge in [-0.3, -0.25) is 4.79 Å². The molecule has 24 heavy (non-hydrogen) atoms. The summed E-state index contributed by atoms with van der Waals surface area (Å²) in [7, 11) is 0. The van der Waals surface area contributed by atoms with Gasteiger partial charge in [0, 0.05) is 11.6 Å². The predicted molar refractivity (Wildman–Crippen MR) is 84.1 cm³/mol. The Bertz CT molecular complexity index is 1040. The summed E-state index contributed by atoms with van der Waals surface area (Å²) in [5.41, 5.74) is -1.03. The summed E-state index contributed by atoms with van der Waals surface area (Å²) < 4.78 is 16.4. The van der Waals surface area contributed by atoms with Gasteiger partial charge in [0.05, 0.1) is 17.1 Å². The summed E-state index contributed by atoms with van der Waals surface area (Å²) in [5, 5.41) is 16.6. The molecule has 3 N–H and O–H groups in total. The highest BCUT2D eigenvalue weighted by molar-refractivity contribution is 6.31. The van der Waals surface area contributed by atoms with Gasteiger partial charge < -0.3 is 15.5 Å². The van der Waals surface area contributed by atoms with Crippen LogP contribution >= 0.6 is 11.6 Å². The number of nitrogens with two attached hydrogens (primary N) is 1. The lowest BCUT2D eigenvalue weighted by Crippen LogP contribution is -2.22. The van der Waals surface area contributed by atoms with Crippen LogP contribution in [0.15, 0.2) is 23.1 Å². The van der Waals surface area contributed by atoms with E-state index in [0.29, 0.717) is 11.6 Å². The van der Waals surface area contributed by atoms with Crippen LogP contribution in [0.3, 0.4) is 0 Å². The Morgan fingerprint density at radius 2 is 2.12 bits per heavy atom. The zero-order valence-electron chi connectivity index (χ0n) is 12.3. The monoisotopic (exact) mass is 351 g/mol. The average molecular weight is 352 g/mol. The fourth-order valence-corrected chi connectivity index (χ4v) is 2.50. The van der Waals surface area contributed by atoms with E-state index in [0.717, 1.165) is 12.3 Å². The number of hydrogen-bond acceptors (Lipinski definition) is 5. The number of aromatic carboxylic acids is 1. The molecule has 0 aliphatic rings. The number of nitrogens with zero attached hydrogens (tertiary/aromatic N) is 4. The highest BCUT2D eigenvalue weighted by Crippen LogP contribution is 2.22. The van der Waals surface area contributed by atoms with E-state index in [4.69, 9.17) is 17.4 Å². The number of rotatable bonds is 3. The lowest BCUT2D eigenvalue weighted by Gasteiger charge is -2.12. The Labute approximate surface area is 138 Å². The van der Waals surface area contributed by atoms with Crippen LogP contribution in [0.2, 0.25) is 5.02 Å². The average Bonchev–Trinajstić information content (AvgIpc) is 2.83. The number of carbonyl (C=O) groups is 1. The number of aryl methyl sites for hydroxylation is 1. The minimum Gasteiger partial charge on any atom is -0.477 e. The fourth-order valence-electron chi connectivity index (χ4n) is 2.34. The molecule has 0 aliphatic carbocycles. The maximum atomic E-state index is 13.7. The first-order valence-corrected chi connectivity index (χ1v) is 7.09. The standard InChI is InChI=1S/C14H11ClFN5O3/c1-6-18-19-12(21(6)17)5-20-4-8(14(23)24)13(22)7-2-10(16)9(15)3-11(7)20/h2-4H,5,17H2,1H3,(H,23,24). The van der Waals surface area contributed by atoms with Crippen molar-refractivity contribution in [1.29, 1.82) is 0 Å². The van der Waals surface area contributed by atoms with Gasteiger partial charge in [0.25, 0.3) is 0 Å². The second-order valence-corrected chi connectivity index (χ2v) is 5.53. The highest BCUT2D eigenvalue weighted by atomic mass is 35.5. The number of nitrogen functional groups attached to an aromatic ring is 1. The van der Waals surface area contributed by atoms with E-state index < -0.39 is 22.8 Å². The summed E-state index contributed by atoms with van der Waals surface area (Å²) in [6.45, 7) is 1.67. The summed E-state index contributed by atoms with van der Waals surface area (Å²) in [5.74, 6) is 4.34. The highest BCUT2D eigenvalue weighted by Gasteiger charge is 2.18. The molecule has 0 saturated carbocycles. The lowest BCUT2D eigenvalue weighted by atomic mass is 10.1. The summed E-state index contributed by atoms with van der Waals surface area (Å²) in [6.07, 6.45) is 1.14. The molecular weight excluding hydrogens is 341 g/mol. The third kappa shape index (κ3) is 2.48. The number of pyridine rings is 1. The van der Waals surface area contributed by atoms with E-state index in [1.807, 2.05) is 0 Å². The van der Waals surface area contributed by atoms with Crippen LogP contribution in [0.5, 0.6) is 0 Å². The van der Waals surface area contributed by atoms with E-state index in [-0.39, 0.29) is 22.5 Å². The molecule has 0 atom stereocenters. The van der Waals surface area contributed by atoms with Gasteiger partial charge in [-0.1, -0.05) is 11.6 Å². The molecule has 0 unspecified atom stereocenters. The van der Waals surface area contributed by atoms with Crippen molar-refractivity contribution in [3.63, 3.8) is 0 Å². The van der Waals surface area contributed by atoms with Gasteiger partial charge in [0.1, 0.15) is 17.2 Å². The first kappa shape index (κ1) is 15.9. The largest absolute Gasteiger partial charge is 0.477 e. The molecule has 2 aromatic heterocycles. The van der Waals surface area contributed by atoms with E-state index in [9.17, 15) is 19.1 Å². The Hall–Kier alpha value is -2.94. The van der Waals surface area contributed by atoms with Crippen LogP contribution in [0.1, 0.15) is 22.0 Å². The van der Waals surface area contributed by atoms with Crippen LogP contribution in [-0.4, -0.2) is 30.5 Å². The molecule has 3 aromatic rings. The molecule has 0 aliphatic heterocycles. The second kappa shape index (κ2) is 5.60. The van der Waals surface area contributed by atoms with Crippen molar-refractivity contribution in [2.75, 3.05) is 5.84 Å². The predicted octanol–water partition coefficient (Wildman–Crippen LogP) is 1.15. The summed E-state index contributed by atoms with van der Waals surface area (Å²) in [4.78, 5) is 23.5. The topological polar surface area (TPSA) is 116 Å². The smallest absolute Gasteiger partial charge is 0.341 e. The third-order valence-electron chi connectivity index (χ3n) is 3.60. The number of carboxylic acids is 1. The first-order chi connectivity index (χ1) is 11.3. The van der Waals surface area contributed by atoms with Crippen molar-refractivity contribution >= 4 is 28.5 Å². The molecule has 10 heteroatoms. The van der Waals surface area contributed by atoms with E-state index in [1.165, 1.54) is 15.3 Å². The van der Waals surface area contributed by atoms with Gasteiger partial charge in [0.2, 0.25) is 5.43 Å². The Kier molecular flexibility index (Phi) is 3.72. The molecule has 0 bridgehead atoms. The maximum Gasteiger partial charge on any atom is 0.341 e. The Morgan fingerprint density at radius 3 is 2.71 bits per heavy atom. The molecule has 3 rings (SSSR count). The molecule has 8 nitrogen and oxygen atoms in total. The number of carboxylic acid groups (broad SMARTS) is 1. The van der Waals surface area contributed by atoms with Crippen LogP contribution in [-0.2, 0) is 6.54 Å². The quantitative estimate of drug-likeness (QED) is 0.684. The minimum atomic E-state index is -1.42. The SMILES string of the molecule is Cc1nnc(Cn2cc(C(=O)O)c(=O)c3cc(F)c(Cl)cc32)n1N. The van der Waals surface area contributed by atoms with Crippen LogP contribution in [0.4, 0.5) is 4.39 Å². The lowest BCUT2D eigenvalue weighted by molar-refractivity contribution is 0.0695. The van der Waals surface area contributed by atoms with Crippen molar-refractivity contribution in [2.45, 2.75) is 13.5 Å². The van der Waals surface area contributed by atoms with Crippen molar-refractivity contribution in [2.24, 2.45) is 0 Å². The summed E-state index contributed by atoms with van der Waals surface area (Å²) >= 11 is 5.79. The normalized spacial score (nSPS) is 11.1. The van der Waals surface area contributed by atoms with Crippen molar-refractivity contribution in [1.82, 2.24) is 19.4 Å². The molecule has 1 aromatic carbocycles. The third-order valence-corrected chi connectivity index (χ3v) is 3.89. The number of halogens is 2. The zero-order valence-corrected chi connectivity index (χ0v) is 13.1. The van der Waals surface area contributed by atoms with E-state index >= 15 is 0 Å². The molecule has 2 heterocycles. The van der Waals surface area contributed by atoms with E-state index in [1.54, 1.807) is 6.92 Å². The van der Waals surface area contributed by atoms with Gasteiger partial charge >= 0.3 is 5.97 Å². The van der Waals surface area contributed by atoms with Gasteiger partial charge in [-0.2, -0.15) is 0 Å². The van der Waals surface area contributed by atoms with Gasteiger partial charge in [-0.15, -0.1) is 10.2 Å². The summed E-state index contributed by atoms with van der Waals surface area (Å²) in [6, 6.07) is 2.17. The number of aromatic nitrogens is 4. The molecular formula is C14H11ClFN5O3. The van der Waals surface area contributed by atoms with Crippen molar-refractivity contribution in [3.8, 4) is 0 Å². The van der Waals surface area contributed by atoms with Crippen LogP contribution in [0, 0.1) is 12.7 Å². The van der Waals surface area contributed by atoms with Crippen LogP contribution in [0.25, 0.3) is 10.9 Å². The maximum absolute atomic E-state index is 13.7. The molecule has 124 valence electrons. The number of hydrogen-bond donors (Lipinski definition) is 2. The van der Waals surface area contributed by atoms with Gasteiger partial charge in [0.15, 0.2) is 5.82 Å². The molecule has 0 fully saturated rings. The fraction of sp³-hybridized carbons (Fsp3) is 0.143. The Morgan fingerprint density at radius 1 is 1.42 bits per heavy atom. The van der Waals surface area contributed by atoms with Crippen molar-refractivity contribution in [3.05, 3.63) is 56.6 Å². The van der Waals surface area contributed by atoms with Gasteiger partial charge in [-0.25, -0.2) is 13.9 Å². The molecule has 0 saturated heterocycles. The zero-order chi connectivity index (χ0) is 17.6. The molecule has 0 spiro atoms. The molecule has 0 radical (unpaired) electrons. The van der Waals surface area contributed by atoms with Gasteiger partial charge in [-0.05, 0) is 19.1 Å². The second-order valence-electron chi connectivity index (χ2n) is 5.12. The minimum absolute atomic E-state index is 0.0242. The molecule has 0 amide bonds. The van der Waals surface area contributed by atoms with Crippen molar-refractivity contribution < 1.29 is 14.3 Å². The number of benzene rings is 1. The Balaban J connectivity index is 2.31.